The molecule has 0 rings (SSSR count). The van der Waals surface area contributed by atoms with E-state index < -0.39 is 0 Å². The van der Waals surface area contributed by atoms with Crippen LogP contribution in [0.4, 0.5) is 0 Å². The van der Waals surface area contributed by atoms with Crippen molar-refractivity contribution in [3.63, 3.8) is 0 Å². The van der Waals surface area contributed by atoms with E-state index in [1.165, 1.54) is 0 Å². The highest BCUT2D eigenvalue weighted by molar-refractivity contribution is 5.69. The van der Waals surface area contributed by atoms with Gasteiger partial charge in [0, 0.05) is 6.42 Å². The average Bonchev–Trinajstić information content (AvgIpc) is 2.22. The van der Waals surface area contributed by atoms with Crippen LogP contribution in [0.2, 0.25) is 0 Å². The average molecular weight is 201 g/mol. The summed E-state index contributed by atoms with van der Waals surface area (Å²) >= 11 is 0. The van der Waals surface area contributed by atoms with Gasteiger partial charge in [-0.1, -0.05) is 6.92 Å². The Labute approximate surface area is 84.6 Å². The van der Waals surface area contributed by atoms with E-state index in [1.54, 1.807) is 6.92 Å². The van der Waals surface area contributed by atoms with E-state index in [2.05, 4.69) is 6.92 Å². The van der Waals surface area contributed by atoms with Gasteiger partial charge in [-0.05, 0) is 12.8 Å². The molecule has 0 fully saturated rings. The monoisotopic (exact) mass is 201 g/mol. The normalized spacial score (nSPS) is 9.50. The number of esters is 2. The van der Waals surface area contributed by atoms with Crippen molar-refractivity contribution in [2.45, 2.75) is 32.6 Å². The predicted molar refractivity (Wildman–Crippen MR) is 51.4 cm³/mol. The van der Waals surface area contributed by atoms with Crippen molar-refractivity contribution in [1.29, 1.82) is 0 Å². The van der Waals surface area contributed by atoms with Gasteiger partial charge >= 0.3 is 11.9 Å². The molecule has 0 aliphatic rings. The predicted octanol–water partition coefficient (Wildman–Crippen LogP) is 1.49. The fourth-order valence-electron chi connectivity index (χ4n) is 0.750. The number of rotatable bonds is 7. The van der Waals surface area contributed by atoms with Crippen molar-refractivity contribution < 1.29 is 19.1 Å². The second-order valence-electron chi connectivity index (χ2n) is 2.75. The highest BCUT2D eigenvalue weighted by atomic mass is 16.5. The van der Waals surface area contributed by atoms with Crippen LogP contribution >= 0.6 is 0 Å². The van der Waals surface area contributed by atoms with E-state index in [9.17, 15) is 9.59 Å². The van der Waals surface area contributed by atoms with Gasteiger partial charge in [0.25, 0.3) is 0 Å². The van der Waals surface area contributed by atoms with E-state index >= 15 is 0 Å². The van der Waals surface area contributed by atoms with Crippen molar-refractivity contribution >= 4 is 11.9 Å². The number of unbranched alkanes of at least 4 members (excludes halogenated alkanes) is 1. The minimum absolute atomic E-state index is 0.158. The maximum atomic E-state index is 10.7. The molecule has 0 aromatic heterocycles. The van der Waals surface area contributed by atoms with Crippen LogP contribution in [0.5, 0.6) is 0 Å². The van der Waals surface area contributed by atoms with Gasteiger partial charge in [0.2, 0.25) is 0 Å². The van der Waals surface area contributed by atoms with Gasteiger partial charge in [0.1, 0.15) is 0 Å². The van der Waals surface area contributed by atoms with Gasteiger partial charge in [0.15, 0.2) is 6.42 Å². The van der Waals surface area contributed by atoms with Crippen LogP contribution in [0.25, 0.3) is 0 Å². The molecule has 0 bridgehead atoms. The van der Waals surface area contributed by atoms with Crippen LogP contribution in [-0.2, 0) is 19.1 Å². The molecule has 0 aromatic carbocycles. The summed E-state index contributed by atoms with van der Waals surface area (Å²) in [5.41, 5.74) is 0. The third kappa shape index (κ3) is 7.46. The van der Waals surface area contributed by atoms with E-state index in [4.69, 9.17) is 9.47 Å². The summed E-state index contributed by atoms with van der Waals surface area (Å²) in [7, 11) is 0. The first-order chi connectivity index (χ1) is 6.70. The molecule has 4 heteroatoms. The molecule has 0 atom stereocenters. The summed E-state index contributed by atoms with van der Waals surface area (Å²) in [6.45, 7) is 5.91. The summed E-state index contributed by atoms with van der Waals surface area (Å²) in [6.07, 6.45) is 1.99. The third-order valence-electron chi connectivity index (χ3n) is 1.56. The molecule has 0 amide bonds. The lowest BCUT2D eigenvalue weighted by atomic mass is 10.3. The molecule has 0 heterocycles. The number of hydrogen-bond acceptors (Lipinski definition) is 4. The van der Waals surface area contributed by atoms with Crippen LogP contribution in [0, 0.1) is 6.92 Å². The van der Waals surface area contributed by atoms with Crippen molar-refractivity contribution in [2.75, 3.05) is 13.2 Å². The first-order valence-corrected chi connectivity index (χ1v) is 4.81. The molecule has 0 radical (unpaired) electrons. The Kier molecular flexibility index (Phi) is 7.70. The molecule has 4 nitrogen and oxygen atoms in total. The molecular formula is C10H17O4+. The molecule has 0 aliphatic carbocycles. The highest BCUT2D eigenvalue weighted by Gasteiger charge is 2.02. The second kappa shape index (κ2) is 8.41. The molecule has 0 unspecified atom stereocenters. The summed E-state index contributed by atoms with van der Waals surface area (Å²) in [6, 6.07) is 0. The first-order valence-electron chi connectivity index (χ1n) is 4.81. The zero-order valence-electron chi connectivity index (χ0n) is 8.58. The Morgan fingerprint density at radius 1 is 1.07 bits per heavy atom. The third-order valence-corrected chi connectivity index (χ3v) is 1.56. The zero-order valence-corrected chi connectivity index (χ0v) is 8.58. The molecule has 0 spiro atoms. The Morgan fingerprint density at radius 2 is 1.57 bits per heavy atom. The van der Waals surface area contributed by atoms with Gasteiger partial charge in [0.05, 0.1) is 20.1 Å². The Morgan fingerprint density at radius 3 is 2.00 bits per heavy atom. The van der Waals surface area contributed by atoms with E-state index in [0.29, 0.717) is 26.1 Å². The number of carbonyl (C=O) groups excluding carboxylic acids is 2. The Bertz CT molecular complexity index is 157. The van der Waals surface area contributed by atoms with Gasteiger partial charge < -0.3 is 9.47 Å². The Hall–Kier alpha value is -1.19. The van der Waals surface area contributed by atoms with E-state index in [-0.39, 0.29) is 18.4 Å². The lowest BCUT2D eigenvalue weighted by Crippen LogP contribution is -2.07. The van der Waals surface area contributed by atoms with Crippen LogP contribution < -0.4 is 0 Å². The first kappa shape index (κ1) is 12.8. The fraction of sp³-hybridized carbons (Fsp3) is 0.700. The molecule has 0 aliphatic heterocycles. The summed E-state index contributed by atoms with van der Waals surface area (Å²) in [5, 5.41) is 0. The quantitative estimate of drug-likeness (QED) is 0.356. The molecule has 0 aromatic rings. The number of ether oxygens (including phenoxy) is 2. The van der Waals surface area contributed by atoms with Gasteiger partial charge in [-0.3, -0.25) is 4.79 Å². The van der Waals surface area contributed by atoms with E-state index in [1.807, 2.05) is 0 Å². The van der Waals surface area contributed by atoms with Gasteiger partial charge in [-0.15, -0.1) is 0 Å². The number of hydrogen-bond donors (Lipinski definition) is 0. The second-order valence-corrected chi connectivity index (χ2v) is 2.75. The van der Waals surface area contributed by atoms with Crippen LogP contribution in [-0.4, -0.2) is 25.2 Å². The largest absolute Gasteiger partial charge is 0.466 e. The maximum Gasteiger partial charge on any atom is 0.351 e. The molecule has 0 N–H and O–H groups in total. The fourth-order valence-corrected chi connectivity index (χ4v) is 0.750. The number of carbonyl (C=O) groups is 2. The van der Waals surface area contributed by atoms with Crippen molar-refractivity contribution in [3.05, 3.63) is 6.92 Å². The molecule has 0 saturated carbocycles. The smallest absolute Gasteiger partial charge is 0.351 e. The Balaban J connectivity index is 3.14. The molecule has 80 valence electrons. The standard InChI is InChI=1S/C10H17O4/c1-3-9(11)13-7-5-6-8-14-10(12)4-2/h1,3-8H2,2H3/q+1. The minimum atomic E-state index is -0.296. The van der Waals surface area contributed by atoms with E-state index in [0.717, 1.165) is 6.42 Å². The van der Waals surface area contributed by atoms with Crippen LogP contribution in [0.3, 0.4) is 0 Å². The van der Waals surface area contributed by atoms with Gasteiger partial charge in [-0.2, -0.15) is 0 Å². The lowest BCUT2D eigenvalue weighted by Gasteiger charge is -2.03. The topological polar surface area (TPSA) is 52.6 Å². The molecule has 14 heavy (non-hydrogen) atoms. The van der Waals surface area contributed by atoms with Crippen molar-refractivity contribution in [2.24, 2.45) is 0 Å². The van der Waals surface area contributed by atoms with Crippen molar-refractivity contribution in [1.82, 2.24) is 0 Å². The van der Waals surface area contributed by atoms with Gasteiger partial charge in [-0.25, -0.2) is 4.79 Å². The maximum absolute atomic E-state index is 10.7. The van der Waals surface area contributed by atoms with Crippen molar-refractivity contribution in [3.8, 4) is 0 Å². The highest BCUT2D eigenvalue weighted by Crippen LogP contribution is 1.94. The SMILES string of the molecule is [CH2+]CC(=O)OCCCCOC(=O)CC. The van der Waals surface area contributed by atoms with Crippen LogP contribution in [0.1, 0.15) is 32.6 Å². The summed E-state index contributed by atoms with van der Waals surface area (Å²) in [5.74, 6) is -0.490. The summed E-state index contributed by atoms with van der Waals surface area (Å²) < 4.78 is 9.62. The minimum Gasteiger partial charge on any atom is -0.466 e. The molecular weight excluding hydrogens is 184 g/mol. The summed E-state index contributed by atoms with van der Waals surface area (Å²) in [4.78, 5) is 21.3. The van der Waals surface area contributed by atoms with Crippen LogP contribution in [0.15, 0.2) is 0 Å². The lowest BCUT2D eigenvalue weighted by molar-refractivity contribution is -0.145. The zero-order chi connectivity index (χ0) is 10.8. The molecule has 0 saturated heterocycles.